The highest BCUT2D eigenvalue weighted by Crippen LogP contribution is 2.50. The summed E-state index contributed by atoms with van der Waals surface area (Å²) in [6.07, 6.45) is 1.84. The summed E-state index contributed by atoms with van der Waals surface area (Å²) in [7, 11) is 3.66. The number of aryl methyl sites for hydroxylation is 1. The van der Waals surface area contributed by atoms with E-state index in [0.29, 0.717) is 26.1 Å². The molecule has 2 amide bonds. The molecule has 5 rings (SSSR count). The van der Waals surface area contributed by atoms with Crippen LogP contribution in [-0.4, -0.2) is 64.6 Å². The number of aromatic nitrogens is 1. The molecule has 0 saturated carbocycles. The van der Waals surface area contributed by atoms with Gasteiger partial charge in [-0.25, -0.2) is 0 Å². The van der Waals surface area contributed by atoms with Crippen molar-refractivity contribution >= 4 is 22.7 Å². The summed E-state index contributed by atoms with van der Waals surface area (Å²) in [5.74, 6) is 0.870. The molecule has 0 aliphatic carbocycles. The zero-order valence-electron chi connectivity index (χ0n) is 20.7. The number of rotatable bonds is 4. The lowest BCUT2D eigenvalue weighted by Gasteiger charge is -2.50. The van der Waals surface area contributed by atoms with Crippen LogP contribution in [0.1, 0.15) is 42.6 Å². The summed E-state index contributed by atoms with van der Waals surface area (Å²) in [4.78, 5) is 29.6. The van der Waals surface area contributed by atoms with Gasteiger partial charge < -0.3 is 24.2 Å². The number of hydrogen-bond acceptors (Lipinski definition) is 4. The molecule has 2 aliphatic heterocycles. The second-order valence-electron chi connectivity index (χ2n) is 9.87. The highest BCUT2D eigenvalue weighted by atomic mass is 16.5. The Morgan fingerprint density at radius 3 is 2.46 bits per heavy atom. The number of aliphatic hydroxyl groups excluding tert-OH is 1. The fourth-order valence-corrected chi connectivity index (χ4v) is 6.15. The maximum Gasteiger partial charge on any atom is 0.227 e. The Morgan fingerprint density at radius 2 is 1.83 bits per heavy atom. The minimum absolute atomic E-state index is 0.0112. The second-order valence-corrected chi connectivity index (χ2v) is 9.87. The molecule has 1 fully saturated rings. The van der Waals surface area contributed by atoms with Crippen LogP contribution in [0.4, 0.5) is 0 Å². The number of carbonyl (C=O) groups is 2. The average molecular weight is 476 g/mol. The molecular weight excluding hydrogens is 442 g/mol. The standard InChI is InChI=1S/C28H33N3O4/c1-19(33)30-13-11-28(12-14-30)18-31(25(34)15-20-7-5-4-6-8-20)24(17-32)27-26(28)22-10-9-21(35-3)16-23(22)29(27)2/h4-10,16,24,32H,11-15,17-18H2,1-3H3/t24-/m0/s1. The Morgan fingerprint density at radius 1 is 1.11 bits per heavy atom. The van der Waals surface area contributed by atoms with Gasteiger partial charge in [-0.1, -0.05) is 30.3 Å². The van der Waals surface area contributed by atoms with Crippen LogP contribution in [0.25, 0.3) is 10.9 Å². The molecule has 184 valence electrons. The Hall–Kier alpha value is -3.32. The highest BCUT2D eigenvalue weighted by Gasteiger charge is 2.49. The summed E-state index contributed by atoms with van der Waals surface area (Å²) in [5, 5.41) is 11.7. The smallest absolute Gasteiger partial charge is 0.227 e. The van der Waals surface area contributed by atoms with E-state index in [0.717, 1.165) is 40.8 Å². The monoisotopic (exact) mass is 475 g/mol. The van der Waals surface area contributed by atoms with Gasteiger partial charge in [0.2, 0.25) is 11.8 Å². The third-order valence-corrected chi connectivity index (χ3v) is 8.01. The van der Waals surface area contributed by atoms with E-state index in [4.69, 9.17) is 4.74 Å². The van der Waals surface area contributed by atoms with Crippen LogP contribution >= 0.6 is 0 Å². The number of benzene rings is 2. The number of piperidine rings is 1. The first-order valence-corrected chi connectivity index (χ1v) is 12.2. The van der Waals surface area contributed by atoms with Crippen molar-refractivity contribution in [1.82, 2.24) is 14.4 Å². The van der Waals surface area contributed by atoms with E-state index in [1.807, 2.05) is 59.3 Å². The summed E-state index contributed by atoms with van der Waals surface area (Å²) in [6.45, 7) is 3.32. The molecular formula is C28H33N3O4. The van der Waals surface area contributed by atoms with Crippen molar-refractivity contribution in [3.05, 3.63) is 65.4 Å². The first-order chi connectivity index (χ1) is 16.9. The summed E-state index contributed by atoms with van der Waals surface area (Å²) in [6, 6.07) is 15.4. The Labute approximate surface area is 205 Å². The molecule has 1 atom stereocenters. The highest BCUT2D eigenvalue weighted by molar-refractivity contribution is 5.90. The van der Waals surface area contributed by atoms with Crippen LogP contribution in [0.2, 0.25) is 0 Å². The number of nitrogens with zero attached hydrogens (tertiary/aromatic N) is 3. The van der Waals surface area contributed by atoms with E-state index in [1.165, 1.54) is 5.56 Å². The maximum absolute atomic E-state index is 13.7. The van der Waals surface area contributed by atoms with Crippen LogP contribution in [0.5, 0.6) is 5.75 Å². The van der Waals surface area contributed by atoms with Gasteiger partial charge in [0.15, 0.2) is 0 Å². The molecule has 0 unspecified atom stereocenters. The van der Waals surface area contributed by atoms with Crippen LogP contribution < -0.4 is 4.74 Å². The molecule has 1 N–H and O–H groups in total. The van der Waals surface area contributed by atoms with Crippen molar-refractivity contribution in [2.75, 3.05) is 33.4 Å². The molecule has 0 bridgehead atoms. The van der Waals surface area contributed by atoms with Gasteiger partial charge in [-0.15, -0.1) is 0 Å². The number of methoxy groups -OCH3 is 1. The van der Waals surface area contributed by atoms with Crippen molar-refractivity contribution in [3.63, 3.8) is 0 Å². The summed E-state index contributed by atoms with van der Waals surface area (Å²) >= 11 is 0. The number of amides is 2. The van der Waals surface area contributed by atoms with E-state index in [1.54, 1.807) is 14.0 Å². The summed E-state index contributed by atoms with van der Waals surface area (Å²) in [5.41, 5.74) is 3.90. The van der Waals surface area contributed by atoms with Gasteiger partial charge in [0, 0.05) is 56.2 Å². The number of likely N-dealkylation sites (tertiary alicyclic amines) is 1. The van der Waals surface area contributed by atoms with E-state index in [-0.39, 0.29) is 23.8 Å². The van der Waals surface area contributed by atoms with Gasteiger partial charge in [0.25, 0.3) is 0 Å². The average Bonchev–Trinajstić information content (AvgIpc) is 3.17. The molecule has 1 aromatic heterocycles. The minimum atomic E-state index is -0.430. The van der Waals surface area contributed by atoms with Crippen molar-refractivity contribution in [2.45, 2.75) is 37.6 Å². The van der Waals surface area contributed by atoms with Crippen LogP contribution in [0, 0.1) is 0 Å². The van der Waals surface area contributed by atoms with E-state index < -0.39 is 6.04 Å². The van der Waals surface area contributed by atoms with E-state index in [2.05, 4.69) is 10.6 Å². The van der Waals surface area contributed by atoms with E-state index >= 15 is 0 Å². The first-order valence-electron chi connectivity index (χ1n) is 12.2. The molecule has 3 aromatic rings. The molecule has 0 radical (unpaired) electrons. The Balaban J connectivity index is 1.64. The molecule has 3 heterocycles. The largest absolute Gasteiger partial charge is 0.497 e. The third-order valence-electron chi connectivity index (χ3n) is 8.01. The molecule has 7 heteroatoms. The maximum atomic E-state index is 13.7. The lowest BCUT2D eigenvalue weighted by molar-refractivity contribution is -0.138. The fraction of sp³-hybridized carbons (Fsp3) is 0.429. The van der Waals surface area contributed by atoms with Gasteiger partial charge >= 0.3 is 0 Å². The Bertz CT molecular complexity index is 1260. The minimum Gasteiger partial charge on any atom is -0.497 e. The van der Waals surface area contributed by atoms with Gasteiger partial charge in [-0.2, -0.15) is 0 Å². The quantitative estimate of drug-likeness (QED) is 0.629. The predicted octanol–water partition coefficient (Wildman–Crippen LogP) is 3.19. The SMILES string of the molecule is COc1ccc2c3c(n(C)c2c1)[C@H](CO)N(C(=O)Cc1ccccc1)CC31CCN(C(C)=O)CC1. The molecule has 2 aromatic carbocycles. The molecule has 7 nitrogen and oxygen atoms in total. The predicted molar refractivity (Wildman–Crippen MR) is 134 cm³/mol. The lowest BCUT2D eigenvalue weighted by atomic mass is 9.68. The number of carbonyl (C=O) groups excluding carboxylic acids is 2. The topological polar surface area (TPSA) is 75.0 Å². The number of aliphatic hydroxyl groups is 1. The van der Waals surface area contributed by atoms with Gasteiger partial charge in [0.05, 0.1) is 31.7 Å². The number of ether oxygens (including phenoxy) is 1. The number of hydrogen-bond donors (Lipinski definition) is 1. The molecule has 2 aliphatic rings. The molecule has 1 spiro atoms. The second kappa shape index (κ2) is 9.04. The molecule has 1 saturated heterocycles. The van der Waals surface area contributed by atoms with Crippen molar-refractivity contribution in [2.24, 2.45) is 7.05 Å². The first kappa shape index (κ1) is 23.4. The number of fused-ring (bicyclic) bond motifs is 4. The molecule has 35 heavy (non-hydrogen) atoms. The summed E-state index contributed by atoms with van der Waals surface area (Å²) < 4.78 is 7.61. The zero-order chi connectivity index (χ0) is 24.7. The van der Waals surface area contributed by atoms with Crippen molar-refractivity contribution in [3.8, 4) is 5.75 Å². The normalized spacial score (nSPS) is 19.1. The van der Waals surface area contributed by atoms with E-state index in [9.17, 15) is 14.7 Å². The van der Waals surface area contributed by atoms with Crippen LogP contribution in [-0.2, 0) is 28.5 Å². The van der Waals surface area contributed by atoms with Gasteiger partial charge in [-0.05, 0) is 36.1 Å². The van der Waals surface area contributed by atoms with Crippen LogP contribution in [0.3, 0.4) is 0 Å². The fourth-order valence-electron chi connectivity index (χ4n) is 6.15. The van der Waals surface area contributed by atoms with Gasteiger partial charge in [-0.3, -0.25) is 9.59 Å². The third kappa shape index (κ3) is 3.88. The Kier molecular flexibility index (Phi) is 6.05. The van der Waals surface area contributed by atoms with Gasteiger partial charge in [0.1, 0.15) is 5.75 Å². The van der Waals surface area contributed by atoms with Crippen molar-refractivity contribution < 1.29 is 19.4 Å². The zero-order valence-corrected chi connectivity index (χ0v) is 20.7. The van der Waals surface area contributed by atoms with Crippen LogP contribution in [0.15, 0.2) is 48.5 Å². The lowest BCUT2D eigenvalue weighted by Crippen LogP contribution is -2.56. The van der Waals surface area contributed by atoms with Crippen molar-refractivity contribution in [1.29, 1.82) is 0 Å².